The van der Waals surface area contributed by atoms with Crippen LogP contribution in [0.25, 0.3) is 10.9 Å². The number of aromatic amines is 1. The van der Waals surface area contributed by atoms with E-state index in [4.69, 9.17) is 5.73 Å². The number of benzene rings is 1. The van der Waals surface area contributed by atoms with E-state index in [9.17, 15) is 0 Å². The maximum Gasteiger partial charge on any atom is 0.0456 e. The van der Waals surface area contributed by atoms with Crippen LogP contribution in [0.3, 0.4) is 0 Å². The lowest BCUT2D eigenvalue weighted by Gasteiger charge is -2.07. The molecule has 90 valence electrons. The van der Waals surface area contributed by atoms with Crippen LogP contribution in [-0.2, 0) is 12.8 Å². The molecule has 3 N–H and O–H groups in total. The van der Waals surface area contributed by atoms with Crippen molar-refractivity contribution in [3.05, 3.63) is 35.5 Å². The van der Waals surface area contributed by atoms with Crippen molar-refractivity contribution in [2.75, 3.05) is 0 Å². The van der Waals surface area contributed by atoms with E-state index in [0.29, 0.717) is 0 Å². The van der Waals surface area contributed by atoms with Gasteiger partial charge in [-0.25, -0.2) is 0 Å². The summed E-state index contributed by atoms with van der Waals surface area (Å²) < 4.78 is 0. The highest BCUT2D eigenvalue weighted by Gasteiger charge is 2.37. The lowest BCUT2D eigenvalue weighted by Crippen LogP contribution is -2.21. The smallest absolute Gasteiger partial charge is 0.0456 e. The number of hydrogen-bond donors (Lipinski definition) is 2. The van der Waals surface area contributed by atoms with E-state index in [1.165, 1.54) is 34.9 Å². The summed E-state index contributed by atoms with van der Waals surface area (Å²) in [6.45, 7) is 2.20. The highest BCUT2D eigenvalue weighted by molar-refractivity contribution is 5.83. The summed E-state index contributed by atoms with van der Waals surface area (Å²) in [6, 6.07) is 6.71. The second-order valence-corrected chi connectivity index (χ2v) is 5.41. The molecule has 0 amide bonds. The SMILES string of the molecule is CCc1ccc2[nH]cc(CCC3(N)CC3)c2c1. The highest BCUT2D eigenvalue weighted by Crippen LogP contribution is 2.37. The second kappa shape index (κ2) is 3.88. The number of rotatable bonds is 4. The van der Waals surface area contributed by atoms with Gasteiger partial charge in [-0.3, -0.25) is 0 Å². The lowest BCUT2D eigenvalue weighted by atomic mass is 10.0. The zero-order valence-corrected chi connectivity index (χ0v) is 10.4. The molecule has 1 aliphatic carbocycles. The Balaban J connectivity index is 1.87. The molecule has 0 radical (unpaired) electrons. The predicted octanol–water partition coefficient (Wildman–Crippen LogP) is 3.15. The van der Waals surface area contributed by atoms with Gasteiger partial charge in [0.05, 0.1) is 0 Å². The van der Waals surface area contributed by atoms with Gasteiger partial charge < -0.3 is 10.7 Å². The van der Waals surface area contributed by atoms with Crippen molar-refractivity contribution in [3.63, 3.8) is 0 Å². The Hall–Kier alpha value is -1.28. The van der Waals surface area contributed by atoms with Crippen LogP contribution >= 0.6 is 0 Å². The van der Waals surface area contributed by atoms with Gasteiger partial charge in [0.25, 0.3) is 0 Å². The largest absolute Gasteiger partial charge is 0.361 e. The fraction of sp³-hybridized carbons (Fsp3) is 0.467. The van der Waals surface area contributed by atoms with Crippen molar-refractivity contribution >= 4 is 10.9 Å². The van der Waals surface area contributed by atoms with Crippen molar-refractivity contribution in [2.45, 2.75) is 44.6 Å². The Morgan fingerprint density at radius 1 is 1.35 bits per heavy atom. The first-order valence-electron chi connectivity index (χ1n) is 6.58. The van der Waals surface area contributed by atoms with E-state index in [0.717, 1.165) is 19.3 Å². The van der Waals surface area contributed by atoms with Gasteiger partial charge in [0.15, 0.2) is 0 Å². The molecule has 0 saturated heterocycles. The normalized spacial score (nSPS) is 17.5. The summed E-state index contributed by atoms with van der Waals surface area (Å²) in [4.78, 5) is 3.36. The molecule has 1 fully saturated rings. The number of aryl methyl sites for hydroxylation is 2. The van der Waals surface area contributed by atoms with Gasteiger partial charge >= 0.3 is 0 Å². The highest BCUT2D eigenvalue weighted by atomic mass is 14.8. The third-order valence-corrected chi connectivity index (χ3v) is 4.02. The van der Waals surface area contributed by atoms with Crippen LogP contribution in [0.4, 0.5) is 0 Å². The van der Waals surface area contributed by atoms with Crippen molar-refractivity contribution < 1.29 is 0 Å². The van der Waals surface area contributed by atoms with Gasteiger partial charge in [-0.1, -0.05) is 13.0 Å². The lowest BCUT2D eigenvalue weighted by molar-refractivity contribution is 0.610. The van der Waals surface area contributed by atoms with Gasteiger partial charge in [-0.05, 0) is 55.4 Å². The molecule has 0 spiro atoms. The Bertz CT molecular complexity index is 535. The number of aromatic nitrogens is 1. The Labute approximate surface area is 102 Å². The quantitative estimate of drug-likeness (QED) is 0.829. The van der Waals surface area contributed by atoms with Crippen LogP contribution in [0.5, 0.6) is 0 Å². The maximum atomic E-state index is 6.15. The number of hydrogen-bond acceptors (Lipinski definition) is 1. The third-order valence-electron chi connectivity index (χ3n) is 4.02. The summed E-state index contributed by atoms with van der Waals surface area (Å²) in [5, 5.41) is 1.38. The zero-order valence-electron chi connectivity index (χ0n) is 10.4. The predicted molar refractivity (Wildman–Crippen MR) is 72.2 cm³/mol. The van der Waals surface area contributed by atoms with Gasteiger partial charge in [0.1, 0.15) is 0 Å². The molecule has 2 heteroatoms. The summed E-state index contributed by atoms with van der Waals surface area (Å²) in [5.74, 6) is 0. The number of fused-ring (bicyclic) bond motifs is 1. The molecule has 2 aromatic rings. The molecule has 17 heavy (non-hydrogen) atoms. The number of nitrogens with two attached hydrogens (primary N) is 1. The molecule has 1 saturated carbocycles. The van der Waals surface area contributed by atoms with Crippen molar-refractivity contribution in [1.82, 2.24) is 4.98 Å². The molecule has 0 unspecified atom stereocenters. The zero-order chi connectivity index (χ0) is 11.9. The second-order valence-electron chi connectivity index (χ2n) is 5.41. The average Bonchev–Trinajstić information content (AvgIpc) is 2.95. The van der Waals surface area contributed by atoms with Crippen LogP contribution in [0.15, 0.2) is 24.4 Å². The summed E-state index contributed by atoms with van der Waals surface area (Å²) in [7, 11) is 0. The minimum atomic E-state index is 0.159. The van der Waals surface area contributed by atoms with Crippen LogP contribution in [0.1, 0.15) is 37.3 Å². The van der Waals surface area contributed by atoms with E-state index >= 15 is 0 Å². The van der Waals surface area contributed by atoms with E-state index in [2.05, 4.69) is 36.3 Å². The molecular weight excluding hydrogens is 208 g/mol. The summed E-state index contributed by atoms with van der Waals surface area (Å²) in [6.07, 6.45) is 7.88. The van der Waals surface area contributed by atoms with Crippen molar-refractivity contribution in [2.24, 2.45) is 5.73 Å². The van der Waals surface area contributed by atoms with Gasteiger partial charge in [0.2, 0.25) is 0 Å². The fourth-order valence-corrected chi connectivity index (χ4v) is 2.45. The molecule has 0 bridgehead atoms. The van der Waals surface area contributed by atoms with Crippen molar-refractivity contribution in [1.29, 1.82) is 0 Å². The molecule has 1 aromatic heterocycles. The molecule has 1 heterocycles. The molecule has 0 atom stereocenters. The Morgan fingerprint density at radius 2 is 2.18 bits per heavy atom. The van der Waals surface area contributed by atoms with Crippen LogP contribution in [-0.4, -0.2) is 10.5 Å². The molecule has 1 aromatic carbocycles. The van der Waals surface area contributed by atoms with Crippen LogP contribution in [0, 0.1) is 0 Å². The molecule has 1 aliphatic rings. The first-order valence-corrected chi connectivity index (χ1v) is 6.58. The summed E-state index contributed by atoms with van der Waals surface area (Å²) in [5.41, 5.74) is 10.4. The Morgan fingerprint density at radius 3 is 2.88 bits per heavy atom. The van der Waals surface area contributed by atoms with Crippen LogP contribution in [0.2, 0.25) is 0 Å². The standard InChI is InChI=1S/C15H20N2/c1-2-11-3-4-14-13(9-11)12(10-17-14)5-6-15(16)7-8-15/h3-4,9-10,17H,2,5-8,16H2,1H3. The van der Waals surface area contributed by atoms with Crippen molar-refractivity contribution in [3.8, 4) is 0 Å². The average molecular weight is 228 g/mol. The monoisotopic (exact) mass is 228 g/mol. The molecular formula is C15H20N2. The summed E-state index contributed by atoms with van der Waals surface area (Å²) >= 11 is 0. The fourth-order valence-electron chi connectivity index (χ4n) is 2.45. The van der Waals surface area contributed by atoms with Gasteiger partial charge in [-0.2, -0.15) is 0 Å². The van der Waals surface area contributed by atoms with E-state index in [1.807, 2.05) is 0 Å². The maximum absolute atomic E-state index is 6.15. The van der Waals surface area contributed by atoms with Gasteiger partial charge in [0, 0.05) is 22.6 Å². The minimum Gasteiger partial charge on any atom is -0.361 e. The Kier molecular flexibility index (Phi) is 2.48. The number of nitrogens with one attached hydrogen (secondary N) is 1. The third kappa shape index (κ3) is 2.09. The molecule has 0 aliphatic heterocycles. The van der Waals surface area contributed by atoms with E-state index in [-0.39, 0.29) is 5.54 Å². The van der Waals surface area contributed by atoms with E-state index in [1.54, 1.807) is 0 Å². The molecule has 3 rings (SSSR count). The van der Waals surface area contributed by atoms with Gasteiger partial charge in [-0.15, -0.1) is 0 Å². The topological polar surface area (TPSA) is 41.8 Å². The first kappa shape index (κ1) is 10.8. The molecule has 2 nitrogen and oxygen atoms in total. The number of H-pyrrole nitrogens is 1. The minimum absolute atomic E-state index is 0.159. The van der Waals surface area contributed by atoms with E-state index < -0.39 is 0 Å². The first-order chi connectivity index (χ1) is 8.20. The van der Waals surface area contributed by atoms with Crippen LogP contribution < -0.4 is 5.73 Å².